The number of carbonyl (C=O) groups is 2. The maximum atomic E-state index is 12.8. The van der Waals surface area contributed by atoms with E-state index in [-0.39, 0.29) is 5.92 Å². The van der Waals surface area contributed by atoms with Crippen molar-refractivity contribution in [1.82, 2.24) is 14.5 Å². The Labute approximate surface area is 152 Å². The third kappa shape index (κ3) is 2.79. The summed E-state index contributed by atoms with van der Waals surface area (Å²) in [4.78, 5) is 32.6. The number of hydrogen-bond donors (Lipinski definition) is 0. The van der Waals surface area contributed by atoms with E-state index in [0.29, 0.717) is 23.5 Å². The van der Waals surface area contributed by atoms with Gasteiger partial charge in [-0.05, 0) is 0 Å². The molecule has 6 heteroatoms. The Bertz CT molecular complexity index is 863. The van der Waals surface area contributed by atoms with E-state index < -0.39 is 11.6 Å². The number of imidazole rings is 1. The molecule has 136 valence electrons. The van der Waals surface area contributed by atoms with Gasteiger partial charge in [-0.2, -0.15) is 0 Å². The molecule has 0 radical (unpaired) electrons. The van der Waals surface area contributed by atoms with E-state index in [4.69, 9.17) is 9.72 Å². The first-order chi connectivity index (χ1) is 12.6. The summed E-state index contributed by atoms with van der Waals surface area (Å²) >= 11 is 0. The first kappa shape index (κ1) is 17.1. The molecule has 0 bridgehead atoms. The number of hydrogen-bond acceptors (Lipinski definition) is 5. The van der Waals surface area contributed by atoms with Gasteiger partial charge < -0.3 is 9.30 Å². The van der Waals surface area contributed by atoms with E-state index in [2.05, 4.69) is 18.7 Å². The zero-order valence-electron chi connectivity index (χ0n) is 15.2. The van der Waals surface area contributed by atoms with E-state index in [0.717, 1.165) is 44.2 Å². The molecule has 26 heavy (non-hydrogen) atoms. The monoisotopic (exact) mass is 353 g/mol. The Kier molecular flexibility index (Phi) is 4.46. The number of rotatable bonds is 4. The lowest BCUT2D eigenvalue weighted by molar-refractivity contribution is 0.0361. The summed E-state index contributed by atoms with van der Waals surface area (Å²) in [5.74, 6) is 0.150. The molecule has 1 fully saturated rings. The molecule has 0 atom stereocenters. The van der Waals surface area contributed by atoms with Gasteiger partial charge in [0.1, 0.15) is 17.2 Å². The minimum Gasteiger partial charge on any atom is -0.379 e. The van der Waals surface area contributed by atoms with Crippen LogP contribution in [0.15, 0.2) is 24.3 Å². The SMILES string of the molecule is CC(C)c1nc2c(n1CCN1CCOCC1)C(=O)C(=O)c1ccccc1-2. The predicted molar refractivity (Wildman–Crippen MR) is 97.7 cm³/mol. The van der Waals surface area contributed by atoms with Crippen LogP contribution in [0.25, 0.3) is 11.3 Å². The second-order valence-electron chi connectivity index (χ2n) is 7.13. The lowest BCUT2D eigenvalue weighted by Gasteiger charge is -2.27. The maximum Gasteiger partial charge on any atom is 0.252 e. The Morgan fingerprint density at radius 3 is 2.42 bits per heavy atom. The molecule has 1 saturated heterocycles. The lowest BCUT2D eigenvalue weighted by Crippen LogP contribution is -2.38. The Morgan fingerprint density at radius 2 is 1.73 bits per heavy atom. The van der Waals surface area contributed by atoms with Gasteiger partial charge in [0, 0.05) is 43.2 Å². The fourth-order valence-electron chi connectivity index (χ4n) is 3.74. The summed E-state index contributed by atoms with van der Waals surface area (Å²) in [6.45, 7) is 8.86. The third-order valence-electron chi connectivity index (χ3n) is 5.11. The number of aromatic nitrogens is 2. The number of morpholine rings is 1. The summed E-state index contributed by atoms with van der Waals surface area (Å²) in [5.41, 5.74) is 2.32. The highest BCUT2D eigenvalue weighted by molar-refractivity contribution is 6.52. The van der Waals surface area contributed by atoms with Crippen molar-refractivity contribution >= 4 is 11.6 Å². The molecule has 0 spiro atoms. The molecule has 1 aliphatic heterocycles. The highest BCUT2D eigenvalue weighted by Gasteiger charge is 2.36. The Hall–Kier alpha value is -2.31. The smallest absolute Gasteiger partial charge is 0.252 e. The normalized spacial score (nSPS) is 17.5. The minimum absolute atomic E-state index is 0.167. The molecule has 1 aliphatic carbocycles. The first-order valence-corrected chi connectivity index (χ1v) is 9.17. The average molecular weight is 353 g/mol. The van der Waals surface area contributed by atoms with Crippen LogP contribution >= 0.6 is 0 Å². The molecule has 4 rings (SSSR count). The molecule has 0 N–H and O–H groups in total. The molecule has 2 aliphatic rings. The van der Waals surface area contributed by atoms with Crippen LogP contribution in [0.3, 0.4) is 0 Å². The number of Topliss-reactive ketones (excluding diaryl/α,β-unsaturated/α-hetero) is 2. The van der Waals surface area contributed by atoms with E-state index in [1.165, 1.54) is 0 Å². The molecule has 1 aromatic carbocycles. The van der Waals surface area contributed by atoms with Crippen LogP contribution in [-0.2, 0) is 11.3 Å². The molecule has 1 aromatic heterocycles. The topological polar surface area (TPSA) is 64.4 Å². The third-order valence-corrected chi connectivity index (χ3v) is 5.11. The highest BCUT2D eigenvalue weighted by atomic mass is 16.5. The summed E-state index contributed by atoms with van der Waals surface area (Å²) in [6.07, 6.45) is 0. The number of benzene rings is 1. The summed E-state index contributed by atoms with van der Waals surface area (Å²) < 4.78 is 7.36. The van der Waals surface area contributed by atoms with Gasteiger partial charge in [0.15, 0.2) is 0 Å². The van der Waals surface area contributed by atoms with E-state index in [1.54, 1.807) is 12.1 Å². The fraction of sp³-hybridized carbons (Fsp3) is 0.450. The van der Waals surface area contributed by atoms with Crippen LogP contribution in [-0.4, -0.2) is 58.9 Å². The summed E-state index contributed by atoms with van der Waals surface area (Å²) in [5, 5.41) is 0. The molecule has 0 amide bonds. The van der Waals surface area contributed by atoms with Crippen molar-refractivity contribution in [3.63, 3.8) is 0 Å². The summed E-state index contributed by atoms with van der Waals surface area (Å²) in [6, 6.07) is 7.25. The Balaban J connectivity index is 1.76. The quantitative estimate of drug-likeness (QED) is 0.790. The second-order valence-corrected chi connectivity index (χ2v) is 7.13. The van der Waals surface area contributed by atoms with Crippen LogP contribution in [0, 0.1) is 0 Å². The maximum absolute atomic E-state index is 12.8. The van der Waals surface area contributed by atoms with Crippen LogP contribution in [0.5, 0.6) is 0 Å². The van der Waals surface area contributed by atoms with Crippen molar-refractivity contribution in [2.24, 2.45) is 0 Å². The largest absolute Gasteiger partial charge is 0.379 e. The first-order valence-electron chi connectivity index (χ1n) is 9.17. The van der Waals surface area contributed by atoms with Gasteiger partial charge >= 0.3 is 0 Å². The minimum atomic E-state index is -0.444. The molecule has 2 heterocycles. The van der Waals surface area contributed by atoms with Gasteiger partial charge in [0.2, 0.25) is 5.78 Å². The Morgan fingerprint density at radius 1 is 1.04 bits per heavy atom. The predicted octanol–water partition coefficient (Wildman–Crippen LogP) is 2.38. The van der Waals surface area contributed by atoms with Crippen LogP contribution in [0.1, 0.15) is 46.4 Å². The number of ether oxygens (including phenoxy) is 1. The van der Waals surface area contributed by atoms with Crippen molar-refractivity contribution in [2.45, 2.75) is 26.3 Å². The van der Waals surface area contributed by atoms with Crippen LogP contribution in [0.2, 0.25) is 0 Å². The number of carbonyl (C=O) groups excluding carboxylic acids is 2. The van der Waals surface area contributed by atoms with Crippen LogP contribution < -0.4 is 0 Å². The lowest BCUT2D eigenvalue weighted by atomic mass is 9.90. The molecule has 0 saturated carbocycles. The van der Waals surface area contributed by atoms with E-state index in [9.17, 15) is 9.59 Å². The van der Waals surface area contributed by atoms with Gasteiger partial charge in [-0.15, -0.1) is 0 Å². The van der Waals surface area contributed by atoms with Gasteiger partial charge in [-0.1, -0.05) is 38.1 Å². The molecule has 6 nitrogen and oxygen atoms in total. The van der Waals surface area contributed by atoms with E-state index >= 15 is 0 Å². The molecular weight excluding hydrogens is 330 g/mol. The van der Waals surface area contributed by atoms with Gasteiger partial charge in [-0.25, -0.2) is 4.98 Å². The van der Waals surface area contributed by atoms with Crippen molar-refractivity contribution < 1.29 is 14.3 Å². The van der Waals surface area contributed by atoms with Crippen molar-refractivity contribution in [3.05, 3.63) is 41.3 Å². The van der Waals surface area contributed by atoms with E-state index in [1.807, 2.05) is 16.7 Å². The number of fused-ring (bicyclic) bond motifs is 3. The van der Waals surface area contributed by atoms with Crippen molar-refractivity contribution in [2.75, 3.05) is 32.8 Å². The molecular formula is C20H23N3O3. The fourth-order valence-corrected chi connectivity index (χ4v) is 3.74. The van der Waals surface area contributed by atoms with Gasteiger partial charge in [0.05, 0.1) is 13.2 Å². The average Bonchev–Trinajstić information content (AvgIpc) is 3.05. The molecule has 2 aromatic rings. The van der Waals surface area contributed by atoms with Crippen LogP contribution in [0.4, 0.5) is 0 Å². The molecule has 0 unspecified atom stereocenters. The number of ketones is 2. The highest BCUT2D eigenvalue weighted by Crippen LogP contribution is 2.35. The zero-order chi connectivity index (χ0) is 18.3. The van der Waals surface area contributed by atoms with Crippen molar-refractivity contribution in [3.8, 4) is 11.3 Å². The zero-order valence-corrected chi connectivity index (χ0v) is 15.2. The second kappa shape index (κ2) is 6.78. The van der Waals surface area contributed by atoms with Gasteiger partial charge in [0.25, 0.3) is 5.78 Å². The van der Waals surface area contributed by atoms with Crippen molar-refractivity contribution in [1.29, 1.82) is 0 Å². The number of nitrogens with zero attached hydrogens (tertiary/aromatic N) is 3. The summed E-state index contributed by atoms with van der Waals surface area (Å²) in [7, 11) is 0. The standard InChI is InChI=1S/C20H23N3O3/c1-13(2)20-21-16-14-5-3-4-6-15(14)18(24)19(25)17(16)23(20)8-7-22-9-11-26-12-10-22/h3-6,13H,7-12H2,1-2H3. The van der Waals surface area contributed by atoms with Gasteiger partial charge in [-0.3, -0.25) is 14.5 Å².